The lowest BCUT2D eigenvalue weighted by Crippen LogP contribution is -2.30. The van der Waals surface area contributed by atoms with Gasteiger partial charge < -0.3 is 10.2 Å². The molecule has 0 spiro atoms. The third-order valence-electron chi connectivity index (χ3n) is 3.97. The van der Waals surface area contributed by atoms with Crippen LogP contribution in [0.3, 0.4) is 0 Å². The molecule has 2 aromatic rings. The molecule has 1 aliphatic rings. The summed E-state index contributed by atoms with van der Waals surface area (Å²) in [5.41, 5.74) is 2.09. The zero-order valence-electron chi connectivity index (χ0n) is 12.2. The molecular weight excluding hydrogens is 250 g/mol. The number of nitrogens with zero attached hydrogens (tertiary/aromatic N) is 4. The van der Waals surface area contributed by atoms with E-state index in [1.54, 1.807) is 0 Å². The molecule has 0 amide bonds. The van der Waals surface area contributed by atoms with E-state index in [-0.39, 0.29) is 0 Å². The highest BCUT2D eigenvalue weighted by atomic mass is 15.3. The normalized spacial score (nSPS) is 17.2. The van der Waals surface area contributed by atoms with Crippen molar-refractivity contribution >= 4 is 11.6 Å². The van der Waals surface area contributed by atoms with Crippen molar-refractivity contribution in [2.24, 2.45) is 0 Å². The Hall–Kier alpha value is -1.62. The average molecular weight is 273 g/mol. The fourth-order valence-electron chi connectivity index (χ4n) is 2.80. The van der Waals surface area contributed by atoms with Crippen LogP contribution in [0.15, 0.2) is 18.3 Å². The highest BCUT2D eigenvalue weighted by Gasteiger charge is 2.09. The average Bonchev–Trinajstić information content (AvgIpc) is 2.69. The number of aromatic nitrogens is 3. The molecule has 1 saturated heterocycles. The first-order chi connectivity index (χ1) is 9.83. The molecule has 0 unspecified atom stereocenters. The van der Waals surface area contributed by atoms with Crippen molar-refractivity contribution in [3.8, 4) is 0 Å². The second kappa shape index (κ2) is 6.22. The number of hydrogen-bond donors (Lipinski definition) is 1. The van der Waals surface area contributed by atoms with Gasteiger partial charge in [0, 0.05) is 19.3 Å². The van der Waals surface area contributed by atoms with E-state index in [1.807, 2.05) is 16.8 Å². The topological polar surface area (TPSA) is 45.5 Å². The Balaban J connectivity index is 1.55. The predicted octanol–water partition coefficient (Wildman–Crippen LogP) is 2.33. The van der Waals surface area contributed by atoms with Gasteiger partial charge in [-0.15, -0.1) is 5.10 Å². The number of likely N-dealkylation sites (tertiary alicyclic amines) is 1. The first-order valence-corrected chi connectivity index (χ1v) is 7.61. The number of rotatable bonds is 4. The zero-order valence-corrected chi connectivity index (χ0v) is 12.2. The van der Waals surface area contributed by atoms with Crippen LogP contribution in [0.4, 0.5) is 5.95 Å². The molecule has 1 N–H and O–H groups in total. The number of aryl methyl sites for hydroxylation is 1. The van der Waals surface area contributed by atoms with Crippen LogP contribution in [0.5, 0.6) is 0 Å². The van der Waals surface area contributed by atoms with Crippen LogP contribution in [0.2, 0.25) is 0 Å². The molecule has 0 radical (unpaired) electrons. The van der Waals surface area contributed by atoms with Crippen molar-refractivity contribution in [2.45, 2.75) is 32.6 Å². The smallest absolute Gasteiger partial charge is 0.243 e. The van der Waals surface area contributed by atoms with Crippen LogP contribution < -0.4 is 5.32 Å². The van der Waals surface area contributed by atoms with Crippen LogP contribution in [0.25, 0.3) is 5.65 Å². The molecule has 0 atom stereocenters. The van der Waals surface area contributed by atoms with E-state index in [1.165, 1.54) is 38.8 Å². The lowest BCUT2D eigenvalue weighted by molar-refractivity contribution is 0.296. The molecule has 0 saturated carbocycles. The van der Waals surface area contributed by atoms with Crippen molar-refractivity contribution in [1.29, 1.82) is 0 Å². The summed E-state index contributed by atoms with van der Waals surface area (Å²) in [5.74, 6) is 0.731. The SMILES string of the molecule is Cc1cccn2nc(NCCN3CCCCCC3)nc12. The number of nitrogens with one attached hydrogen (secondary N) is 1. The maximum Gasteiger partial charge on any atom is 0.243 e. The second-order valence-corrected chi connectivity index (χ2v) is 5.58. The Morgan fingerprint density at radius 2 is 2.00 bits per heavy atom. The summed E-state index contributed by atoms with van der Waals surface area (Å²) in [5, 5.41) is 7.79. The van der Waals surface area contributed by atoms with Crippen LogP contribution in [-0.4, -0.2) is 45.7 Å². The standard InChI is InChI=1S/C15H23N5/c1-13-7-6-11-20-14(13)17-15(18-20)16-8-12-19-9-4-2-3-5-10-19/h6-7,11H,2-5,8-10,12H2,1H3,(H,16,18). The predicted molar refractivity (Wildman–Crippen MR) is 81.1 cm³/mol. The molecule has 5 heteroatoms. The van der Waals surface area contributed by atoms with Gasteiger partial charge in [0.25, 0.3) is 0 Å². The summed E-state index contributed by atoms with van der Waals surface area (Å²) < 4.78 is 1.84. The summed E-state index contributed by atoms with van der Waals surface area (Å²) in [6.07, 6.45) is 7.39. The van der Waals surface area contributed by atoms with Gasteiger partial charge in [-0.05, 0) is 44.5 Å². The third kappa shape index (κ3) is 3.10. The van der Waals surface area contributed by atoms with E-state index in [9.17, 15) is 0 Å². The van der Waals surface area contributed by atoms with Crippen molar-refractivity contribution in [3.63, 3.8) is 0 Å². The van der Waals surface area contributed by atoms with Gasteiger partial charge in [-0.1, -0.05) is 18.9 Å². The molecular formula is C15H23N5. The molecule has 5 nitrogen and oxygen atoms in total. The van der Waals surface area contributed by atoms with Crippen molar-refractivity contribution in [1.82, 2.24) is 19.5 Å². The summed E-state index contributed by atoms with van der Waals surface area (Å²) in [4.78, 5) is 7.08. The minimum Gasteiger partial charge on any atom is -0.352 e. The summed E-state index contributed by atoms with van der Waals surface area (Å²) in [6.45, 7) is 6.52. The Labute approximate surface area is 120 Å². The summed E-state index contributed by atoms with van der Waals surface area (Å²) >= 11 is 0. The molecule has 3 rings (SSSR count). The maximum atomic E-state index is 4.54. The number of fused-ring (bicyclic) bond motifs is 1. The maximum absolute atomic E-state index is 4.54. The van der Waals surface area contributed by atoms with Gasteiger partial charge in [-0.25, -0.2) is 4.52 Å². The Kier molecular flexibility index (Phi) is 4.16. The minimum absolute atomic E-state index is 0.731. The number of hydrogen-bond acceptors (Lipinski definition) is 4. The molecule has 2 aromatic heterocycles. The van der Waals surface area contributed by atoms with E-state index in [4.69, 9.17) is 0 Å². The molecule has 3 heterocycles. The summed E-state index contributed by atoms with van der Waals surface area (Å²) in [6, 6.07) is 4.06. The highest BCUT2D eigenvalue weighted by molar-refractivity contribution is 5.49. The third-order valence-corrected chi connectivity index (χ3v) is 3.97. The van der Waals surface area contributed by atoms with Gasteiger partial charge in [0.2, 0.25) is 5.95 Å². The van der Waals surface area contributed by atoms with Gasteiger partial charge in [0.15, 0.2) is 5.65 Å². The molecule has 0 aliphatic carbocycles. The van der Waals surface area contributed by atoms with Gasteiger partial charge in [0.1, 0.15) is 0 Å². The first-order valence-electron chi connectivity index (χ1n) is 7.61. The van der Waals surface area contributed by atoms with Crippen molar-refractivity contribution in [3.05, 3.63) is 23.9 Å². The van der Waals surface area contributed by atoms with Crippen LogP contribution >= 0.6 is 0 Å². The van der Waals surface area contributed by atoms with E-state index < -0.39 is 0 Å². The van der Waals surface area contributed by atoms with E-state index in [0.717, 1.165) is 30.2 Å². The molecule has 0 bridgehead atoms. The van der Waals surface area contributed by atoms with E-state index in [0.29, 0.717) is 0 Å². The Morgan fingerprint density at radius 3 is 2.75 bits per heavy atom. The summed E-state index contributed by atoms with van der Waals surface area (Å²) in [7, 11) is 0. The number of anilines is 1. The second-order valence-electron chi connectivity index (χ2n) is 5.58. The van der Waals surface area contributed by atoms with Crippen molar-refractivity contribution < 1.29 is 0 Å². The van der Waals surface area contributed by atoms with Crippen molar-refractivity contribution in [2.75, 3.05) is 31.5 Å². The Morgan fingerprint density at radius 1 is 1.20 bits per heavy atom. The monoisotopic (exact) mass is 273 g/mol. The zero-order chi connectivity index (χ0) is 13.8. The fraction of sp³-hybridized carbons (Fsp3) is 0.600. The van der Waals surface area contributed by atoms with Crippen LogP contribution in [-0.2, 0) is 0 Å². The van der Waals surface area contributed by atoms with Gasteiger partial charge >= 0.3 is 0 Å². The Bertz CT molecular complexity index is 554. The lowest BCUT2D eigenvalue weighted by Gasteiger charge is -2.19. The van der Waals surface area contributed by atoms with Crippen LogP contribution in [0, 0.1) is 6.92 Å². The minimum atomic E-state index is 0.731. The molecule has 1 aliphatic heterocycles. The molecule has 20 heavy (non-hydrogen) atoms. The highest BCUT2D eigenvalue weighted by Crippen LogP contribution is 2.11. The largest absolute Gasteiger partial charge is 0.352 e. The first kappa shape index (κ1) is 13.4. The fourth-order valence-corrected chi connectivity index (χ4v) is 2.80. The van der Waals surface area contributed by atoms with E-state index >= 15 is 0 Å². The lowest BCUT2D eigenvalue weighted by atomic mass is 10.2. The van der Waals surface area contributed by atoms with Gasteiger partial charge in [-0.2, -0.15) is 4.98 Å². The van der Waals surface area contributed by atoms with Gasteiger partial charge in [-0.3, -0.25) is 0 Å². The number of pyridine rings is 1. The quantitative estimate of drug-likeness (QED) is 0.928. The molecule has 0 aromatic carbocycles. The molecule has 1 fully saturated rings. The van der Waals surface area contributed by atoms with Gasteiger partial charge in [0.05, 0.1) is 0 Å². The van der Waals surface area contributed by atoms with Crippen LogP contribution in [0.1, 0.15) is 31.2 Å². The molecule has 108 valence electrons. The van der Waals surface area contributed by atoms with E-state index in [2.05, 4.69) is 33.3 Å².